The van der Waals surface area contributed by atoms with E-state index in [1.807, 2.05) is 6.92 Å². The van der Waals surface area contributed by atoms with Gasteiger partial charge in [0.05, 0.1) is 0 Å². The Morgan fingerprint density at radius 1 is 1.14 bits per heavy atom. The summed E-state index contributed by atoms with van der Waals surface area (Å²) < 4.78 is 5.38. The number of carbonyl (C=O) groups excluding carboxylic acids is 2. The third-order valence-electron chi connectivity index (χ3n) is 2.87. The lowest BCUT2D eigenvalue weighted by atomic mass is 10.2. The van der Waals surface area contributed by atoms with Crippen LogP contribution in [0.1, 0.15) is 39.5 Å². The molecule has 0 unspecified atom stereocenters. The van der Waals surface area contributed by atoms with Crippen LogP contribution in [0.5, 0.6) is 5.75 Å². The second kappa shape index (κ2) is 9.80. The number of carbonyl (C=O) groups is 2. The molecule has 0 bridgehead atoms. The van der Waals surface area contributed by atoms with Crippen molar-refractivity contribution in [1.82, 2.24) is 5.32 Å². The number of likely N-dealkylation sites (N-methyl/N-ethyl adjacent to an activating group) is 1. The van der Waals surface area contributed by atoms with E-state index >= 15 is 0 Å². The summed E-state index contributed by atoms with van der Waals surface area (Å²) in [7, 11) is 0. The largest absolute Gasteiger partial charge is 0.484 e. The summed E-state index contributed by atoms with van der Waals surface area (Å²) in [6, 6.07) is 7.06. The van der Waals surface area contributed by atoms with Crippen molar-refractivity contribution in [3.63, 3.8) is 0 Å². The minimum absolute atomic E-state index is 0.00401. The molecule has 0 aliphatic heterocycles. The molecule has 0 aromatic heterocycles. The van der Waals surface area contributed by atoms with E-state index in [0.29, 0.717) is 24.4 Å². The van der Waals surface area contributed by atoms with Crippen LogP contribution in [0, 0.1) is 0 Å². The van der Waals surface area contributed by atoms with E-state index < -0.39 is 0 Å². The normalized spacial score (nSPS) is 10.0. The fraction of sp³-hybridized carbons (Fsp3) is 0.500. The Bertz CT molecular complexity index is 461. The fourth-order valence-corrected chi connectivity index (χ4v) is 1.82. The molecule has 0 saturated carbocycles. The maximum Gasteiger partial charge on any atom is 0.257 e. The van der Waals surface area contributed by atoms with Crippen LogP contribution in [0.25, 0.3) is 0 Å². The molecule has 116 valence electrons. The van der Waals surface area contributed by atoms with Crippen molar-refractivity contribution in [2.24, 2.45) is 0 Å². The topological polar surface area (TPSA) is 67.4 Å². The summed E-state index contributed by atoms with van der Waals surface area (Å²) in [5.74, 6) is 0.406. The number of unbranched alkanes of at least 4 members (excludes halogenated alkanes) is 2. The molecule has 1 aromatic carbocycles. The zero-order valence-corrected chi connectivity index (χ0v) is 12.8. The van der Waals surface area contributed by atoms with Gasteiger partial charge in [0.15, 0.2) is 6.61 Å². The van der Waals surface area contributed by atoms with Gasteiger partial charge in [0.2, 0.25) is 5.91 Å². The van der Waals surface area contributed by atoms with Crippen LogP contribution in [0.3, 0.4) is 0 Å². The highest BCUT2D eigenvalue weighted by Crippen LogP contribution is 2.17. The standard InChI is InChI=1S/C16H24N2O3/c1-3-5-6-10-15(19)18-13-8-7-9-14(11-13)21-12-16(20)17-4-2/h7-9,11H,3-6,10,12H2,1-2H3,(H,17,20)(H,18,19). The maximum absolute atomic E-state index is 11.7. The summed E-state index contributed by atoms with van der Waals surface area (Å²) in [5.41, 5.74) is 0.685. The first-order chi connectivity index (χ1) is 10.2. The van der Waals surface area contributed by atoms with Crippen molar-refractivity contribution in [1.29, 1.82) is 0 Å². The van der Waals surface area contributed by atoms with Gasteiger partial charge in [0, 0.05) is 24.7 Å². The molecule has 0 aliphatic rings. The highest BCUT2D eigenvalue weighted by molar-refractivity contribution is 5.90. The Morgan fingerprint density at radius 2 is 1.95 bits per heavy atom. The molecule has 0 aliphatic carbocycles. The quantitative estimate of drug-likeness (QED) is 0.688. The van der Waals surface area contributed by atoms with Gasteiger partial charge in [-0.1, -0.05) is 25.8 Å². The van der Waals surface area contributed by atoms with Crippen molar-refractivity contribution in [3.8, 4) is 5.75 Å². The molecule has 0 fully saturated rings. The molecular formula is C16H24N2O3. The Kier molecular flexibility index (Phi) is 7.94. The van der Waals surface area contributed by atoms with Crippen LogP contribution in [-0.4, -0.2) is 25.0 Å². The van der Waals surface area contributed by atoms with Gasteiger partial charge >= 0.3 is 0 Å². The molecule has 0 saturated heterocycles. The molecule has 2 N–H and O–H groups in total. The number of nitrogens with one attached hydrogen (secondary N) is 2. The molecule has 5 heteroatoms. The summed E-state index contributed by atoms with van der Waals surface area (Å²) >= 11 is 0. The van der Waals surface area contributed by atoms with Crippen LogP contribution in [0.2, 0.25) is 0 Å². The SMILES string of the molecule is CCCCCC(=O)Nc1cccc(OCC(=O)NCC)c1. The first kappa shape index (κ1) is 17.0. The molecule has 21 heavy (non-hydrogen) atoms. The predicted molar refractivity (Wildman–Crippen MR) is 83.4 cm³/mol. The van der Waals surface area contributed by atoms with E-state index in [2.05, 4.69) is 17.6 Å². The molecule has 1 rings (SSSR count). The average Bonchev–Trinajstić information content (AvgIpc) is 2.46. The monoisotopic (exact) mass is 292 g/mol. The smallest absolute Gasteiger partial charge is 0.257 e. The van der Waals surface area contributed by atoms with Crippen LogP contribution in [0.4, 0.5) is 5.69 Å². The van der Waals surface area contributed by atoms with Gasteiger partial charge in [-0.2, -0.15) is 0 Å². The number of ether oxygens (including phenoxy) is 1. The second-order valence-electron chi connectivity index (χ2n) is 4.78. The summed E-state index contributed by atoms with van der Waals surface area (Å²) in [4.78, 5) is 23.1. The summed E-state index contributed by atoms with van der Waals surface area (Å²) in [6.07, 6.45) is 3.58. The van der Waals surface area contributed by atoms with Gasteiger partial charge < -0.3 is 15.4 Å². The number of benzene rings is 1. The molecule has 0 atom stereocenters. The van der Waals surface area contributed by atoms with Crippen LogP contribution in [0.15, 0.2) is 24.3 Å². The molecule has 5 nitrogen and oxygen atoms in total. The molecule has 2 amide bonds. The van der Waals surface area contributed by atoms with Crippen molar-refractivity contribution in [3.05, 3.63) is 24.3 Å². The van der Waals surface area contributed by atoms with Crippen molar-refractivity contribution in [2.45, 2.75) is 39.5 Å². The van der Waals surface area contributed by atoms with E-state index in [-0.39, 0.29) is 18.4 Å². The number of hydrogen-bond donors (Lipinski definition) is 2. The maximum atomic E-state index is 11.7. The highest BCUT2D eigenvalue weighted by Gasteiger charge is 2.04. The van der Waals surface area contributed by atoms with Crippen molar-refractivity contribution in [2.75, 3.05) is 18.5 Å². The lowest BCUT2D eigenvalue weighted by Crippen LogP contribution is -2.28. The number of amides is 2. The minimum Gasteiger partial charge on any atom is -0.484 e. The Morgan fingerprint density at radius 3 is 2.67 bits per heavy atom. The van der Waals surface area contributed by atoms with Gasteiger partial charge in [-0.05, 0) is 25.5 Å². The Balaban J connectivity index is 2.44. The second-order valence-corrected chi connectivity index (χ2v) is 4.78. The average molecular weight is 292 g/mol. The third kappa shape index (κ3) is 7.34. The number of anilines is 1. The Labute approximate surface area is 126 Å². The fourth-order valence-electron chi connectivity index (χ4n) is 1.82. The van der Waals surface area contributed by atoms with Gasteiger partial charge in [-0.15, -0.1) is 0 Å². The van der Waals surface area contributed by atoms with Crippen molar-refractivity contribution >= 4 is 17.5 Å². The molecule has 0 radical (unpaired) electrons. The summed E-state index contributed by atoms with van der Waals surface area (Å²) in [6.45, 7) is 4.51. The van der Waals surface area contributed by atoms with Gasteiger partial charge in [0.25, 0.3) is 5.91 Å². The van der Waals surface area contributed by atoms with Gasteiger partial charge in [-0.25, -0.2) is 0 Å². The van der Waals surface area contributed by atoms with E-state index in [1.54, 1.807) is 24.3 Å². The lowest BCUT2D eigenvalue weighted by Gasteiger charge is -2.09. The van der Waals surface area contributed by atoms with Crippen molar-refractivity contribution < 1.29 is 14.3 Å². The number of rotatable bonds is 9. The first-order valence-electron chi connectivity index (χ1n) is 7.45. The molecular weight excluding hydrogens is 268 g/mol. The zero-order chi connectivity index (χ0) is 15.5. The lowest BCUT2D eigenvalue weighted by molar-refractivity contribution is -0.123. The van der Waals surface area contributed by atoms with E-state index in [4.69, 9.17) is 4.74 Å². The van der Waals surface area contributed by atoms with E-state index in [9.17, 15) is 9.59 Å². The van der Waals surface area contributed by atoms with E-state index in [0.717, 1.165) is 19.3 Å². The molecule has 0 heterocycles. The zero-order valence-electron chi connectivity index (χ0n) is 12.8. The summed E-state index contributed by atoms with van der Waals surface area (Å²) in [5, 5.41) is 5.49. The first-order valence-corrected chi connectivity index (χ1v) is 7.45. The van der Waals surface area contributed by atoms with Crippen LogP contribution >= 0.6 is 0 Å². The van der Waals surface area contributed by atoms with Crippen LogP contribution < -0.4 is 15.4 Å². The highest BCUT2D eigenvalue weighted by atomic mass is 16.5. The molecule has 1 aromatic rings. The molecule has 0 spiro atoms. The predicted octanol–water partition coefficient (Wildman–Crippen LogP) is 2.72. The van der Waals surface area contributed by atoms with Gasteiger partial charge in [0.1, 0.15) is 5.75 Å². The number of hydrogen-bond acceptors (Lipinski definition) is 3. The van der Waals surface area contributed by atoms with Crippen LogP contribution in [-0.2, 0) is 9.59 Å². The van der Waals surface area contributed by atoms with E-state index in [1.165, 1.54) is 0 Å². The third-order valence-corrected chi connectivity index (χ3v) is 2.87. The van der Waals surface area contributed by atoms with Gasteiger partial charge in [-0.3, -0.25) is 9.59 Å². The Hall–Kier alpha value is -2.04. The minimum atomic E-state index is -0.161.